The molecule has 6 heteroatoms. The lowest BCUT2D eigenvalue weighted by molar-refractivity contribution is 0.148. The molecule has 128 valence electrons. The molecule has 1 aromatic heterocycles. The van der Waals surface area contributed by atoms with Crippen LogP contribution in [0.4, 0.5) is 10.6 Å². The van der Waals surface area contributed by atoms with Crippen molar-refractivity contribution in [3.05, 3.63) is 24.4 Å². The number of urea groups is 1. The van der Waals surface area contributed by atoms with Crippen molar-refractivity contribution < 1.29 is 9.90 Å². The van der Waals surface area contributed by atoms with Crippen LogP contribution >= 0.6 is 0 Å². The van der Waals surface area contributed by atoms with Crippen LogP contribution in [0.2, 0.25) is 0 Å². The van der Waals surface area contributed by atoms with E-state index in [2.05, 4.69) is 20.5 Å². The lowest BCUT2D eigenvalue weighted by Gasteiger charge is -2.21. The fourth-order valence-corrected chi connectivity index (χ4v) is 2.71. The zero-order valence-corrected chi connectivity index (χ0v) is 14.1. The molecule has 1 aliphatic rings. The molecule has 0 spiro atoms. The van der Waals surface area contributed by atoms with Crippen molar-refractivity contribution in [2.75, 3.05) is 31.1 Å². The number of anilines is 1. The van der Waals surface area contributed by atoms with E-state index in [1.54, 1.807) is 6.20 Å². The summed E-state index contributed by atoms with van der Waals surface area (Å²) in [5.74, 6) is 0.962. The van der Waals surface area contributed by atoms with Gasteiger partial charge in [-0.05, 0) is 36.8 Å². The van der Waals surface area contributed by atoms with Crippen LogP contribution in [0.3, 0.4) is 0 Å². The van der Waals surface area contributed by atoms with E-state index in [4.69, 9.17) is 0 Å². The molecular weight excluding hydrogens is 292 g/mol. The first-order chi connectivity index (χ1) is 11.0. The van der Waals surface area contributed by atoms with Gasteiger partial charge in [0.15, 0.2) is 0 Å². The Morgan fingerprint density at radius 3 is 3.00 bits per heavy atom. The maximum Gasteiger partial charge on any atom is 0.315 e. The highest BCUT2D eigenvalue weighted by molar-refractivity contribution is 5.74. The number of aliphatic hydroxyl groups excluding tert-OH is 1. The summed E-state index contributed by atoms with van der Waals surface area (Å²) in [5.41, 5.74) is -0.0766. The summed E-state index contributed by atoms with van der Waals surface area (Å²) >= 11 is 0. The van der Waals surface area contributed by atoms with E-state index in [9.17, 15) is 9.90 Å². The molecule has 0 aliphatic carbocycles. The zero-order chi connectivity index (χ0) is 16.7. The van der Waals surface area contributed by atoms with Crippen LogP contribution in [0.5, 0.6) is 0 Å². The molecule has 3 N–H and O–H groups in total. The van der Waals surface area contributed by atoms with Crippen LogP contribution in [-0.4, -0.2) is 48.4 Å². The number of amides is 2. The van der Waals surface area contributed by atoms with Crippen LogP contribution in [-0.2, 0) is 0 Å². The molecular formula is C17H28N4O2. The molecule has 2 rings (SSSR count). The molecule has 6 nitrogen and oxygen atoms in total. The minimum Gasteiger partial charge on any atom is -0.396 e. The molecule has 23 heavy (non-hydrogen) atoms. The molecule has 0 bridgehead atoms. The second-order valence-electron chi connectivity index (χ2n) is 6.95. The van der Waals surface area contributed by atoms with Crippen LogP contribution in [0.1, 0.15) is 33.1 Å². The lowest BCUT2D eigenvalue weighted by Crippen LogP contribution is -2.43. The summed E-state index contributed by atoms with van der Waals surface area (Å²) < 4.78 is 0. The van der Waals surface area contributed by atoms with Gasteiger partial charge in [-0.3, -0.25) is 0 Å². The Kier molecular flexibility index (Phi) is 6.21. The van der Waals surface area contributed by atoms with Gasteiger partial charge in [0.25, 0.3) is 0 Å². The number of hydrogen-bond donors (Lipinski definition) is 3. The summed E-state index contributed by atoms with van der Waals surface area (Å²) in [6.07, 6.45) is 4.48. The number of carbonyl (C=O) groups is 1. The Labute approximate surface area is 138 Å². The van der Waals surface area contributed by atoms with E-state index >= 15 is 0 Å². The van der Waals surface area contributed by atoms with Gasteiger partial charge in [-0.25, -0.2) is 9.78 Å². The highest BCUT2D eigenvalue weighted by atomic mass is 16.3. The molecule has 0 aromatic carbocycles. The van der Waals surface area contributed by atoms with Gasteiger partial charge in [-0.2, -0.15) is 0 Å². The van der Waals surface area contributed by atoms with E-state index in [1.165, 1.54) is 0 Å². The molecule has 1 fully saturated rings. The number of nitrogens with one attached hydrogen (secondary N) is 2. The molecule has 0 saturated carbocycles. The third-order valence-electron chi connectivity index (χ3n) is 4.24. The standard InChI is InChI=1S/C17H28N4O2/c1-17(2,13-22)8-5-10-19-16(23)20-14-7-11-21(12-14)15-6-3-4-9-18-15/h3-4,6,9,14,22H,5,7-8,10-13H2,1-2H3,(H2,19,20,23). The third kappa shape index (κ3) is 5.71. The average Bonchev–Trinajstić information content (AvgIpc) is 3.01. The number of aromatic nitrogens is 1. The van der Waals surface area contributed by atoms with Crippen LogP contribution < -0.4 is 15.5 Å². The Morgan fingerprint density at radius 2 is 2.30 bits per heavy atom. The normalized spacial score (nSPS) is 18.0. The van der Waals surface area contributed by atoms with Crippen molar-refractivity contribution in [2.45, 2.75) is 39.2 Å². The van der Waals surface area contributed by atoms with E-state index in [0.717, 1.165) is 38.2 Å². The van der Waals surface area contributed by atoms with E-state index in [1.807, 2.05) is 32.0 Å². The highest BCUT2D eigenvalue weighted by Gasteiger charge is 2.24. The maximum atomic E-state index is 11.9. The first-order valence-corrected chi connectivity index (χ1v) is 8.31. The van der Waals surface area contributed by atoms with Crippen molar-refractivity contribution in [3.8, 4) is 0 Å². The Hall–Kier alpha value is -1.82. The smallest absolute Gasteiger partial charge is 0.315 e. The number of rotatable bonds is 7. The summed E-state index contributed by atoms with van der Waals surface area (Å²) in [7, 11) is 0. The van der Waals surface area contributed by atoms with E-state index in [0.29, 0.717) is 6.54 Å². The molecule has 0 radical (unpaired) electrons. The van der Waals surface area contributed by atoms with Gasteiger partial charge in [0.1, 0.15) is 5.82 Å². The van der Waals surface area contributed by atoms with Gasteiger partial charge in [0, 0.05) is 38.5 Å². The molecule has 1 unspecified atom stereocenters. The van der Waals surface area contributed by atoms with Gasteiger partial charge in [0.2, 0.25) is 0 Å². The van der Waals surface area contributed by atoms with Gasteiger partial charge in [-0.1, -0.05) is 19.9 Å². The number of nitrogens with zero attached hydrogens (tertiary/aromatic N) is 2. The molecule has 1 saturated heterocycles. The minimum atomic E-state index is -0.111. The number of carbonyl (C=O) groups excluding carboxylic acids is 1. The SMILES string of the molecule is CC(C)(CO)CCCNC(=O)NC1CCN(c2ccccn2)C1. The van der Waals surface area contributed by atoms with Gasteiger partial charge in [0.05, 0.1) is 0 Å². The predicted molar refractivity (Wildman–Crippen MR) is 91.5 cm³/mol. The van der Waals surface area contributed by atoms with Crippen LogP contribution in [0.15, 0.2) is 24.4 Å². The maximum absolute atomic E-state index is 11.9. The quantitative estimate of drug-likeness (QED) is 0.669. The zero-order valence-electron chi connectivity index (χ0n) is 14.1. The van der Waals surface area contributed by atoms with Gasteiger partial charge in [-0.15, -0.1) is 0 Å². The van der Waals surface area contributed by atoms with Crippen LogP contribution in [0.25, 0.3) is 0 Å². The second-order valence-corrected chi connectivity index (χ2v) is 6.95. The lowest BCUT2D eigenvalue weighted by atomic mass is 9.89. The first kappa shape index (κ1) is 17.5. The summed E-state index contributed by atoms with van der Waals surface area (Å²) in [5, 5.41) is 15.1. The topological polar surface area (TPSA) is 77.5 Å². The predicted octanol–water partition coefficient (Wildman–Crippen LogP) is 1.76. The summed E-state index contributed by atoms with van der Waals surface area (Å²) in [6, 6.07) is 5.92. The Balaban J connectivity index is 1.65. The molecule has 1 aromatic rings. The van der Waals surface area contributed by atoms with Gasteiger partial charge >= 0.3 is 6.03 Å². The van der Waals surface area contributed by atoms with Crippen molar-refractivity contribution in [3.63, 3.8) is 0 Å². The van der Waals surface area contributed by atoms with Crippen molar-refractivity contribution >= 4 is 11.8 Å². The Morgan fingerprint density at radius 1 is 1.48 bits per heavy atom. The largest absolute Gasteiger partial charge is 0.396 e. The Bertz CT molecular complexity index is 493. The molecule has 2 heterocycles. The first-order valence-electron chi connectivity index (χ1n) is 8.31. The van der Waals surface area contributed by atoms with E-state index in [-0.39, 0.29) is 24.1 Å². The number of aliphatic hydroxyl groups is 1. The fraction of sp³-hybridized carbons (Fsp3) is 0.647. The monoisotopic (exact) mass is 320 g/mol. The minimum absolute atomic E-state index is 0.0766. The van der Waals surface area contributed by atoms with E-state index < -0.39 is 0 Å². The summed E-state index contributed by atoms with van der Waals surface area (Å²) in [6.45, 7) is 6.56. The molecule has 1 atom stereocenters. The van der Waals surface area contributed by atoms with Gasteiger partial charge < -0.3 is 20.6 Å². The third-order valence-corrected chi connectivity index (χ3v) is 4.24. The molecule has 2 amide bonds. The second kappa shape index (κ2) is 8.15. The van der Waals surface area contributed by atoms with Crippen molar-refractivity contribution in [2.24, 2.45) is 5.41 Å². The fourth-order valence-electron chi connectivity index (χ4n) is 2.71. The number of pyridine rings is 1. The summed E-state index contributed by atoms with van der Waals surface area (Å²) in [4.78, 5) is 18.5. The number of hydrogen-bond acceptors (Lipinski definition) is 4. The van der Waals surface area contributed by atoms with Crippen LogP contribution in [0, 0.1) is 5.41 Å². The molecule has 1 aliphatic heterocycles. The van der Waals surface area contributed by atoms with Crippen molar-refractivity contribution in [1.82, 2.24) is 15.6 Å². The average molecular weight is 320 g/mol. The van der Waals surface area contributed by atoms with Crippen molar-refractivity contribution in [1.29, 1.82) is 0 Å². The highest BCUT2D eigenvalue weighted by Crippen LogP contribution is 2.20.